The van der Waals surface area contributed by atoms with Crippen molar-refractivity contribution in [2.24, 2.45) is 0 Å². The Balaban J connectivity index is 2.07. The van der Waals surface area contributed by atoms with Crippen LogP contribution in [0.1, 0.15) is 284 Å². The first-order valence-corrected chi connectivity index (χ1v) is 29.7. The van der Waals surface area contributed by atoms with E-state index in [4.69, 9.17) is 9.47 Å². The molecule has 1 aliphatic heterocycles. The minimum atomic E-state index is -1.56. The molecule has 1 saturated heterocycles. The van der Waals surface area contributed by atoms with E-state index in [2.05, 4.69) is 43.5 Å². The zero-order valence-electron chi connectivity index (χ0n) is 45.1. The summed E-state index contributed by atoms with van der Waals surface area (Å²) in [6.07, 6.45) is 58.1. The van der Waals surface area contributed by atoms with Crippen LogP contribution >= 0.6 is 0 Å². The van der Waals surface area contributed by atoms with Crippen LogP contribution in [0, 0.1) is 0 Å². The van der Waals surface area contributed by atoms with E-state index >= 15 is 0 Å². The lowest BCUT2D eigenvalue weighted by molar-refractivity contribution is -0.302. The van der Waals surface area contributed by atoms with E-state index in [1.807, 2.05) is 6.08 Å². The van der Waals surface area contributed by atoms with Gasteiger partial charge >= 0.3 is 0 Å². The van der Waals surface area contributed by atoms with Gasteiger partial charge in [0.05, 0.1) is 25.4 Å². The largest absolute Gasteiger partial charge is 0.394 e. The predicted octanol–water partition coefficient (Wildman–Crippen LogP) is 14.7. The van der Waals surface area contributed by atoms with Crippen molar-refractivity contribution in [3.8, 4) is 0 Å². The van der Waals surface area contributed by atoms with Crippen LogP contribution in [-0.2, 0) is 14.3 Å². The highest BCUT2D eigenvalue weighted by Gasteiger charge is 2.44. The summed E-state index contributed by atoms with van der Waals surface area (Å²) >= 11 is 0. The number of carbonyl (C=O) groups excluding carboxylic acids is 1. The fraction of sp³-hybridized carbons (Fsp3) is 0.883. The average Bonchev–Trinajstić information content (AvgIpc) is 3.35. The maximum atomic E-state index is 13.0. The maximum Gasteiger partial charge on any atom is 0.220 e. The summed E-state index contributed by atoms with van der Waals surface area (Å²) in [7, 11) is 0. The van der Waals surface area contributed by atoms with E-state index in [0.717, 1.165) is 44.9 Å². The number of hydrogen-bond donors (Lipinski definition) is 6. The molecule has 0 aromatic rings. The van der Waals surface area contributed by atoms with Gasteiger partial charge in [0, 0.05) is 6.42 Å². The first-order chi connectivity index (χ1) is 33.8. The number of amides is 1. The molecule has 0 spiro atoms. The Hall–Kier alpha value is -1.59. The van der Waals surface area contributed by atoms with E-state index in [9.17, 15) is 30.3 Å². The fourth-order valence-electron chi connectivity index (χ4n) is 9.48. The molecule has 0 radical (unpaired) electrons. The van der Waals surface area contributed by atoms with Crippen LogP contribution in [0.25, 0.3) is 0 Å². The molecule has 0 aliphatic carbocycles. The first kappa shape index (κ1) is 65.4. The molecule has 1 heterocycles. The van der Waals surface area contributed by atoms with Crippen LogP contribution < -0.4 is 5.32 Å². The van der Waals surface area contributed by atoms with Crippen molar-refractivity contribution >= 4 is 5.91 Å². The van der Waals surface area contributed by atoms with Gasteiger partial charge in [0.2, 0.25) is 5.91 Å². The predicted molar refractivity (Wildman–Crippen MR) is 290 cm³/mol. The third-order valence-corrected chi connectivity index (χ3v) is 14.2. The van der Waals surface area contributed by atoms with Crippen molar-refractivity contribution < 1.29 is 39.8 Å². The molecule has 406 valence electrons. The number of rotatable bonds is 51. The van der Waals surface area contributed by atoms with Crippen molar-refractivity contribution in [1.82, 2.24) is 5.32 Å². The summed E-state index contributed by atoms with van der Waals surface area (Å²) in [6, 6.07) is -0.802. The Kier molecular flexibility index (Phi) is 47.4. The quantitative estimate of drug-likeness (QED) is 0.0261. The van der Waals surface area contributed by atoms with Gasteiger partial charge in [0.25, 0.3) is 0 Å². The zero-order chi connectivity index (χ0) is 50.1. The summed E-state index contributed by atoms with van der Waals surface area (Å²) in [5, 5.41) is 54.3. The molecule has 6 N–H and O–H groups in total. The van der Waals surface area contributed by atoms with Crippen LogP contribution in [0.15, 0.2) is 36.5 Å². The van der Waals surface area contributed by atoms with Crippen molar-refractivity contribution in [2.45, 2.75) is 326 Å². The lowest BCUT2D eigenvalue weighted by Gasteiger charge is -2.40. The molecule has 9 nitrogen and oxygen atoms in total. The van der Waals surface area contributed by atoms with Crippen LogP contribution in [-0.4, -0.2) is 87.5 Å². The molecule has 0 aromatic heterocycles. The molecule has 7 atom stereocenters. The molecule has 1 amide bonds. The van der Waals surface area contributed by atoms with Crippen molar-refractivity contribution in [3.05, 3.63) is 36.5 Å². The second-order valence-corrected chi connectivity index (χ2v) is 20.8. The molecule has 0 aromatic carbocycles. The summed E-state index contributed by atoms with van der Waals surface area (Å²) in [5.74, 6) is -0.175. The van der Waals surface area contributed by atoms with Gasteiger partial charge in [0.1, 0.15) is 24.4 Å². The Labute approximate surface area is 425 Å². The van der Waals surface area contributed by atoms with E-state index in [1.54, 1.807) is 6.08 Å². The molecule has 0 bridgehead atoms. The highest BCUT2D eigenvalue weighted by Crippen LogP contribution is 2.23. The van der Waals surface area contributed by atoms with E-state index < -0.39 is 49.5 Å². The number of allylic oxidation sites excluding steroid dienone is 5. The molecular weight excluding hydrogens is 863 g/mol. The van der Waals surface area contributed by atoms with Gasteiger partial charge in [-0.25, -0.2) is 0 Å². The Bertz CT molecular complexity index is 1180. The van der Waals surface area contributed by atoms with Gasteiger partial charge in [0.15, 0.2) is 6.29 Å². The molecule has 9 heteroatoms. The third kappa shape index (κ3) is 39.6. The lowest BCUT2D eigenvalue weighted by atomic mass is 9.99. The summed E-state index contributed by atoms with van der Waals surface area (Å²) < 4.78 is 11.2. The van der Waals surface area contributed by atoms with Crippen molar-refractivity contribution in [3.63, 3.8) is 0 Å². The van der Waals surface area contributed by atoms with E-state index in [0.29, 0.717) is 6.42 Å². The molecule has 1 fully saturated rings. The zero-order valence-corrected chi connectivity index (χ0v) is 45.1. The second-order valence-electron chi connectivity index (χ2n) is 20.8. The molecule has 7 unspecified atom stereocenters. The highest BCUT2D eigenvalue weighted by atomic mass is 16.7. The second kappa shape index (κ2) is 50.0. The fourth-order valence-corrected chi connectivity index (χ4v) is 9.48. The third-order valence-electron chi connectivity index (χ3n) is 14.2. The van der Waals surface area contributed by atoms with Crippen molar-refractivity contribution in [2.75, 3.05) is 13.2 Å². The Morgan fingerprint density at radius 1 is 0.493 bits per heavy atom. The van der Waals surface area contributed by atoms with Crippen LogP contribution in [0.4, 0.5) is 0 Å². The number of carbonyl (C=O) groups is 1. The summed E-state index contributed by atoms with van der Waals surface area (Å²) in [4.78, 5) is 13.0. The van der Waals surface area contributed by atoms with Gasteiger partial charge in [-0.3, -0.25) is 4.79 Å². The molecule has 1 aliphatic rings. The SMILES string of the molecule is CCCCCCCCCCC/C=C/C(O)C(COC1OC(CO)C(O)C(O)C1O)NC(=O)CCCCCCCCCCCCCCCCCCC/C=C\C/C=C\CCCCCCCCCCCCC. The topological polar surface area (TPSA) is 149 Å². The maximum absolute atomic E-state index is 13.0. The number of ether oxygens (including phenoxy) is 2. The van der Waals surface area contributed by atoms with Gasteiger partial charge in [-0.2, -0.15) is 0 Å². The van der Waals surface area contributed by atoms with Crippen LogP contribution in [0.3, 0.4) is 0 Å². The number of aliphatic hydroxyl groups excluding tert-OH is 5. The molecular formula is C60H113NO8. The average molecular weight is 977 g/mol. The number of nitrogens with one attached hydrogen (secondary N) is 1. The normalized spacial score (nSPS) is 19.7. The Morgan fingerprint density at radius 3 is 1.25 bits per heavy atom. The molecule has 0 saturated carbocycles. The van der Waals surface area contributed by atoms with Crippen molar-refractivity contribution in [1.29, 1.82) is 0 Å². The van der Waals surface area contributed by atoms with Gasteiger partial charge < -0.3 is 40.3 Å². The van der Waals surface area contributed by atoms with Gasteiger partial charge in [-0.1, -0.05) is 262 Å². The smallest absolute Gasteiger partial charge is 0.220 e. The molecule has 69 heavy (non-hydrogen) atoms. The standard InChI is InChI=1S/C60H113NO8/c1-3-5-7-9-11-13-15-16-17-18-19-20-21-22-23-24-25-26-27-28-29-30-31-32-33-34-35-36-37-38-40-42-44-46-48-50-56(64)61-53(52-68-60-59(67)58(66)57(65)55(51-62)69-60)54(63)49-47-45-43-41-39-14-12-10-8-6-4-2/h21-22,24-25,47,49,53-55,57-60,62-63,65-67H,3-20,23,26-46,48,50-52H2,1-2H3,(H,61,64)/b22-21-,25-24-,49-47+. The summed E-state index contributed by atoms with van der Waals surface area (Å²) in [6.45, 7) is 3.78. The van der Waals surface area contributed by atoms with Gasteiger partial charge in [-0.15, -0.1) is 0 Å². The van der Waals surface area contributed by atoms with E-state index in [-0.39, 0.29) is 12.5 Å². The first-order valence-electron chi connectivity index (χ1n) is 29.7. The van der Waals surface area contributed by atoms with E-state index in [1.165, 1.54) is 218 Å². The lowest BCUT2D eigenvalue weighted by Crippen LogP contribution is -2.60. The van der Waals surface area contributed by atoms with Gasteiger partial charge in [-0.05, 0) is 51.4 Å². The van der Waals surface area contributed by atoms with Crippen LogP contribution in [0.5, 0.6) is 0 Å². The number of hydrogen-bond acceptors (Lipinski definition) is 8. The number of aliphatic hydroxyl groups is 5. The monoisotopic (exact) mass is 976 g/mol. The highest BCUT2D eigenvalue weighted by molar-refractivity contribution is 5.76. The molecule has 1 rings (SSSR count). The minimum Gasteiger partial charge on any atom is -0.394 e. The van der Waals surface area contributed by atoms with Crippen LogP contribution in [0.2, 0.25) is 0 Å². The number of unbranched alkanes of at least 4 members (excludes halogenated alkanes) is 37. The minimum absolute atomic E-state index is 0.175. The summed E-state index contributed by atoms with van der Waals surface area (Å²) in [5.41, 5.74) is 0. The Morgan fingerprint density at radius 2 is 0.855 bits per heavy atom.